The van der Waals surface area contributed by atoms with E-state index in [-0.39, 0.29) is 25.2 Å². The molecule has 1 fully saturated rings. The average molecular weight is 271 g/mol. The predicted molar refractivity (Wildman–Crippen MR) is 71.9 cm³/mol. The zero-order valence-corrected chi connectivity index (χ0v) is 11.9. The maximum atomic E-state index is 11.7. The molecule has 0 bridgehead atoms. The molecule has 0 radical (unpaired) electrons. The largest absolute Gasteiger partial charge is 0.481 e. The first-order chi connectivity index (χ1) is 9.04. The Bertz CT molecular complexity index is 307. The van der Waals surface area contributed by atoms with Gasteiger partial charge in [-0.05, 0) is 25.7 Å². The summed E-state index contributed by atoms with van der Waals surface area (Å²) in [7, 11) is 0. The van der Waals surface area contributed by atoms with Gasteiger partial charge in [0.1, 0.15) is 6.61 Å². The highest BCUT2D eigenvalue weighted by atomic mass is 16.5. The lowest BCUT2D eigenvalue weighted by Crippen LogP contribution is -2.43. The van der Waals surface area contributed by atoms with Crippen molar-refractivity contribution in [3.63, 3.8) is 0 Å². The molecule has 0 aromatic carbocycles. The third-order valence-electron chi connectivity index (χ3n) is 4.18. The third kappa shape index (κ3) is 4.49. The molecule has 1 saturated carbocycles. The van der Waals surface area contributed by atoms with Crippen molar-refractivity contribution in [2.24, 2.45) is 5.41 Å². The first-order valence-corrected chi connectivity index (χ1v) is 7.15. The summed E-state index contributed by atoms with van der Waals surface area (Å²) in [5.74, 6) is -1.08. The molecular formula is C14H25NO4. The van der Waals surface area contributed by atoms with Crippen LogP contribution in [0.4, 0.5) is 0 Å². The van der Waals surface area contributed by atoms with Crippen molar-refractivity contribution in [2.75, 3.05) is 13.2 Å². The standard InChI is InChI=1S/C14H25NO4/c1-3-14(4-2,13(17)18)10-15-12(16)9-19-11-7-5-6-8-11/h11H,3-10H2,1-2H3,(H,15,16)(H,17,18). The summed E-state index contributed by atoms with van der Waals surface area (Å²) >= 11 is 0. The molecule has 1 rings (SSSR count). The lowest BCUT2D eigenvalue weighted by molar-refractivity contribution is -0.149. The van der Waals surface area contributed by atoms with E-state index in [0.29, 0.717) is 12.8 Å². The minimum Gasteiger partial charge on any atom is -0.481 e. The lowest BCUT2D eigenvalue weighted by atomic mass is 9.82. The molecule has 1 amide bonds. The average Bonchev–Trinajstić information content (AvgIpc) is 2.91. The maximum absolute atomic E-state index is 11.7. The molecule has 1 aliphatic rings. The van der Waals surface area contributed by atoms with Gasteiger partial charge in [0, 0.05) is 6.54 Å². The Morgan fingerprint density at radius 1 is 1.26 bits per heavy atom. The van der Waals surface area contributed by atoms with Gasteiger partial charge in [0.05, 0.1) is 11.5 Å². The van der Waals surface area contributed by atoms with Crippen molar-refractivity contribution < 1.29 is 19.4 Å². The molecule has 0 unspecified atom stereocenters. The van der Waals surface area contributed by atoms with Gasteiger partial charge < -0.3 is 15.2 Å². The molecule has 5 nitrogen and oxygen atoms in total. The fraction of sp³-hybridized carbons (Fsp3) is 0.857. The second-order valence-corrected chi connectivity index (χ2v) is 5.29. The smallest absolute Gasteiger partial charge is 0.311 e. The van der Waals surface area contributed by atoms with Gasteiger partial charge >= 0.3 is 5.97 Å². The van der Waals surface area contributed by atoms with E-state index in [1.807, 2.05) is 13.8 Å². The van der Waals surface area contributed by atoms with Crippen LogP contribution in [0.25, 0.3) is 0 Å². The van der Waals surface area contributed by atoms with Crippen LogP contribution >= 0.6 is 0 Å². The van der Waals surface area contributed by atoms with E-state index in [1.165, 1.54) is 12.8 Å². The number of hydrogen-bond donors (Lipinski definition) is 2. The predicted octanol–water partition coefficient (Wildman–Crippen LogP) is 1.95. The zero-order chi connectivity index (χ0) is 14.3. The minimum atomic E-state index is -0.858. The van der Waals surface area contributed by atoms with E-state index in [4.69, 9.17) is 4.74 Å². The number of ether oxygens (including phenoxy) is 1. The second kappa shape index (κ2) is 7.48. The quantitative estimate of drug-likeness (QED) is 0.707. The molecule has 19 heavy (non-hydrogen) atoms. The molecule has 0 heterocycles. The Labute approximate surface area is 114 Å². The number of carbonyl (C=O) groups is 2. The number of carboxylic acid groups (broad SMARTS) is 1. The summed E-state index contributed by atoms with van der Waals surface area (Å²) in [5.41, 5.74) is -0.858. The van der Waals surface area contributed by atoms with Gasteiger partial charge in [0.25, 0.3) is 0 Å². The molecule has 2 N–H and O–H groups in total. The fourth-order valence-electron chi connectivity index (χ4n) is 2.45. The Balaban J connectivity index is 2.32. The van der Waals surface area contributed by atoms with Crippen molar-refractivity contribution in [3.8, 4) is 0 Å². The van der Waals surface area contributed by atoms with Crippen LogP contribution in [0.3, 0.4) is 0 Å². The number of carboxylic acids is 1. The van der Waals surface area contributed by atoms with Gasteiger partial charge in [-0.2, -0.15) is 0 Å². The number of rotatable bonds is 8. The van der Waals surface area contributed by atoms with Gasteiger partial charge in [-0.3, -0.25) is 9.59 Å². The first kappa shape index (κ1) is 16.0. The van der Waals surface area contributed by atoms with Crippen LogP contribution in [0.15, 0.2) is 0 Å². The summed E-state index contributed by atoms with van der Waals surface area (Å²) in [4.78, 5) is 23.0. The Morgan fingerprint density at radius 3 is 2.32 bits per heavy atom. The molecule has 0 atom stereocenters. The van der Waals surface area contributed by atoms with Crippen LogP contribution in [-0.2, 0) is 14.3 Å². The van der Waals surface area contributed by atoms with Crippen molar-refractivity contribution >= 4 is 11.9 Å². The maximum Gasteiger partial charge on any atom is 0.311 e. The molecule has 0 aromatic heterocycles. The fourth-order valence-corrected chi connectivity index (χ4v) is 2.45. The first-order valence-electron chi connectivity index (χ1n) is 7.15. The van der Waals surface area contributed by atoms with E-state index in [0.717, 1.165) is 12.8 Å². The van der Waals surface area contributed by atoms with Crippen molar-refractivity contribution in [3.05, 3.63) is 0 Å². The van der Waals surface area contributed by atoms with Crippen LogP contribution in [0, 0.1) is 5.41 Å². The molecule has 1 aliphatic carbocycles. The Kier molecular flexibility index (Phi) is 6.28. The van der Waals surface area contributed by atoms with E-state index in [1.54, 1.807) is 0 Å². The summed E-state index contributed by atoms with van der Waals surface area (Å²) in [6, 6.07) is 0. The molecule has 0 aromatic rings. The van der Waals surface area contributed by atoms with Crippen LogP contribution in [0.2, 0.25) is 0 Å². The van der Waals surface area contributed by atoms with E-state index in [2.05, 4.69) is 5.32 Å². The van der Waals surface area contributed by atoms with Crippen LogP contribution in [-0.4, -0.2) is 36.2 Å². The number of amides is 1. The van der Waals surface area contributed by atoms with Gasteiger partial charge in [-0.25, -0.2) is 0 Å². The van der Waals surface area contributed by atoms with Gasteiger partial charge in [-0.1, -0.05) is 26.7 Å². The highest BCUT2D eigenvalue weighted by Gasteiger charge is 2.35. The minimum absolute atomic E-state index is 0.0355. The van der Waals surface area contributed by atoms with Crippen LogP contribution in [0.1, 0.15) is 52.4 Å². The summed E-state index contributed by atoms with van der Waals surface area (Å²) in [6.07, 6.45) is 5.59. The second-order valence-electron chi connectivity index (χ2n) is 5.29. The van der Waals surface area contributed by atoms with Crippen molar-refractivity contribution in [1.82, 2.24) is 5.32 Å². The summed E-state index contributed by atoms with van der Waals surface area (Å²) < 4.78 is 5.50. The topological polar surface area (TPSA) is 75.6 Å². The van der Waals surface area contributed by atoms with E-state index >= 15 is 0 Å². The van der Waals surface area contributed by atoms with E-state index in [9.17, 15) is 14.7 Å². The zero-order valence-electron chi connectivity index (χ0n) is 11.9. The lowest BCUT2D eigenvalue weighted by Gasteiger charge is -2.26. The molecular weight excluding hydrogens is 246 g/mol. The van der Waals surface area contributed by atoms with Crippen LogP contribution in [0.5, 0.6) is 0 Å². The number of carbonyl (C=O) groups excluding carboxylic acids is 1. The van der Waals surface area contributed by atoms with Crippen molar-refractivity contribution in [1.29, 1.82) is 0 Å². The Hall–Kier alpha value is -1.10. The molecule has 0 spiro atoms. The van der Waals surface area contributed by atoms with Crippen LogP contribution < -0.4 is 5.32 Å². The van der Waals surface area contributed by atoms with Gasteiger partial charge in [-0.15, -0.1) is 0 Å². The van der Waals surface area contributed by atoms with Crippen molar-refractivity contribution in [2.45, 2.75) is 58.5 Å². The van der Waals surface area contributed by atoms with E-state index < -0.39 is 11.4 Å². The molecule has 0 saturated heterocycles. The number of nitrogens with one attached hydrogen (secondary N) is 1. The molecule has 110 valence electrons. The third-order valence-corrected chi connectivity index (χ3v) is 4.18. The van der Waals surface area contributed by atoms with Gasteiger partial charge in [0.2, 0.25) is 5.91 Å². The number of hydrogen-bond acceptors (Lipinski definition) is 3. The normalized spacial score (nSPS) is 16.5. The highest BCUT2D eigenvalue weighted by Crippen LogP contribution is 2.25. The monoisotopic (exact) mass is 271 g/mol. The summed E-state index contributed by atoms with van der Waals surface area (Å²) in [5, 5.41) is 11.9. The molecule has 0 aliphatic heterocycles. The Morgan fingerprint density at radius 2 is 1.84 bits per heavy atom. The number of aliphatic carboxylic acids is 1. The molecule has 5 heteroatoms. The SMILES string of the molecule is CCC(CC)(CNC(=O)COC1CCCC1)C(=O)O. The van der Waals surface area contributed by atoms with Gasteiger partial charge in [0.15, 0.2) is 0 Å². The highest BCUT2D eigenvalue weighted by molar-refractivity contribution is 5.79. The summed E-state index contributed by atoms with van der Waals surface area (Å²) in [6.45, 7) is 3.87.